The van der Waals surface area contributed by atoms with Crippen molar-refractivity contribution in [1.29, 1.82) is 0 Å². The Balaban J connectivity index is 1.93. The van der Waals surface area contributed by atoms with Crippen LogP contribution in [0.3, 0.4) is 0 Å². The predicted octanol–water partition coefficient (Wildman–Crippen LogP) is 2.67. The van der Waals surface area contributed by atoms with Crippen LogP contribution in [0.15, 0.2) is 0 Å². The second kappa shape index (κ2) is 3.81. The van der Waals surface area contributed by atoms with Gasteiger partial charge in [-0.15, -0.1) is 0 Å². The lowest BCUT2D eigenvalue weighted by atomic mass is 10.00. The summed E-state index contributed by atoms with van der Waals surface area (Å²) in [5.41, 5.74) is 0. The van der Waals surface area contributed by atoms with Crippen LogP contribution in [-0.2, 0) is 0 Å². The van der Waals surface area contributed by atoms with Gasteiger partial charge in [0.1, 0.15) is 0 Å². The molecule has 2 aliphatic heterocycles. The van der Waals surface area contributed by atoms with Gasteiger partial charge in [-0.25, -0.2) is 4.31 Å². The van der Waals surface area contributed by atoms with Crippen LogP contribution in [0, 0.1) is 0 Å². The molecule has 2 heterocycles. The smallest absolute Gasteiger partial charge is 0.0202 e. The SMILES string of the molecule is C1CCC2CCCCN2SC1. The molecule has 2 aliphatic rings. The lowest BCUT2D eigenvalue weighted by Gasteiger charge is -2.32. The maximum atomic E-state index is 2.65. The van der Waals surface area contributed by atoms with Crippen LogP contribution in [0.5, 0.6) is 0 Å². The van der Waals surface area contributed by atoms with Gasteiger partial charge >= 0.3 is 0 Å². The molecule has 0 aromatic heterocycles. The highest BCUT2D eigenvalue weighted by atomic mass is 32.2. The summed E-state index contributed by atoms with van der Waals surface area (Å²) in [6.07, 6.45) is 8.75. The van der Waals surface area contributed by atoms with Crippen molar-refractivity contribution in [2.24, 2.45) is 0 Å². The minimum atomic E-state index is 0.941. The summed E-state index contributed by atoms with van der Waals surface area (Å²) >= 11 is 2.10. The van der Waals surface area contributed by atoms with Crippen molar-refractivity contribution in [3.63, 3.8) is 0 Å². The fourth-order valence-corrected chi connectivity index (χ4v) is 3.34. The number of hydrogen-bond acceptors (Lipinski definition) is 2. The Labute approximate surface area is 73.7 Å². The lowest BCUT2D eigenvalue weighted by molar-refractivity contribution is 0.263. The summed E-state index contributed by atoms with van der Waals surface area (Å²) in [6.45, 7) is 1.36. The summed E-state index contributed by atoms with van der Waals surface area (Å²) in [5.74, 6) is 1.37. The van der Waals surface area contributed by atoms with E-state index in [1.807, 2.05) is 0 Å². The highest BCUT2D eigenvalue weighted by molar-refractivity contribution is 7.97. The van der Waals surface area contributed by atoms with Crippen LogP contribution in [0.2, 0.25) is 0 Å². The molecule has 0 aromatic rings. The Bertz CT molecular complexity index is 113. The molecule has 0 aliphatic carbocycles. The molecule has 2 saturated heterocycles. The van der Waals surface area contributed by atoms with E-state index in [-0.39, 0.29) is 0 Å². The first-order valence-electron chi connectivity index (χ1n) is 4.86. The van der Waals surface area contributed by atoms with E-state index in [1.54, 1.807) is 0 Å². The molecule has 1 nitrogen and oxygen atoms in total. The van der Waals surface area contributed by atoms with Crippen molar-refractivity contribution in [2.75, 3.05) is 12.3 Å². The van der Waals surface area contributed by atoms with Crippen LogP contribution in [-0.4, -0.2) is 22.6 Å². The number of nitrogens with zero attached hydrogens (tertiary/aromatic N) is 1. The Kier molecular flexibility index (Phi) is 2.75. The molecule has 0 aromatic carbocycles. The minimum absolute atomic E-state index is 0.941. The van der Waals surface area contributed by atoms with Crippen LogP contribution in [0.1, 0.15) is 38.5 Å². The van der Waals surface area contributed by atoms with Crippen molar-refractivity contribution in [1.82, 2.24) is 4.31 Å². The third kappa shape index (κ3) is 1.91. The standard InChI is InChI=1S/C9H17NS/c1-3-7-10-9(5-1)6-2-4-8-11-10/h9H,1-8H2. The first-order chi connectivity index (χ1) is 5.47. The van der Waals surface area contributed by atoms with Gasteiger partial charge in [-0.3, -0.25) is 0 Å². The van der Waals surface area contributed by atoms with E-state index in [9.17, 15) is 0 Å². The van der Waals surface area contributed by atoms with Crippen LogP contribution in [0.25, 0.3) is 0 Å². The van der Waals surface area contributed by atoms with Crippen molar-refractivity contribution in [3.8, 4) is 0 Å². The minimum Gasteiger partial charge on any atom is -0.248 e. The maximum Gasteiger partial charge on any atom is 0.0202 e. The third-order valence-electron chi connectivity index (χ3n) is 2.76. The van der Waals surface area contributed by atoms with E-state index in [0.717, 1.165) is 6.04 Å². The molecule has 1 atom stereocenters. The Morgan fingerprint density at radius 3 is 2.73 bits per heavy atom. The van der Waals surface area contributed by atoms with Gasteiger partial charge in [-0.1, -0.05) is 24.8 Å². The number of piperidine rings is 1. The average molecular weight is 171 g/mol. The fraction of sp³-hybridized carbons (Fsp3) is 1.00. The molecular formula is C9H17NS. The molecular weight excluding hydrogens is 154 g/mol. The summed E-state index contributed by atoms with van der Waals surface area (Å²) in [7, 11) is 0. The van der Waals surface area contributed by atoms with Gasteiger partial charge in [-0.2, -0.15) is 0 Å². The van der Waals surface area contributed by atoms with Crippen molar-refractivity contribution < 1.29 is 0 Å². The molecule has 2 fully saturated rings. The Morgan fingerprint density at radius 2 is 1.82 bits per heavy atom. The molecule has 0 bridgehead atoms. The number of fused-ring (bicyclic) bond motifs is 1. The van der Waals surface area contributed by atoms with E-state index in [0.29, 0.717) is 0 Å². The van der Waals surface area contributed by atoms with E-state index < -0.39 is 0 Å². The first-order valence-corrected chi connectivity index (χ1v) is 5.80. The van der Waals surface area contributed by atoms with E-state index >= 15 is 0 Å². The third-order valence-corrected chi connectivity index (χ3v) is 4.05. The van der Waals surface area contributed by atoms with E-state index in [1.165, 1.54) is 50.8 Å². The van der Waals surface area contributed by atoms with Gasteiger partial charge in [0.15, 0.2) is 0 Å². The van der Waals surface area contributed by atoms with Crippen molar-refractivity contribution >= 4 is 11.9 Å². The number of rotatable bonds is 0. The van der Waals surface area contributed by atoms with Gasteiger partial charge < -0.3 is 0 Å². The molecule has 0 spiro atoms. The molecule has 0 N–H and O–H groups in total. The van der Waals surface area contributed by atoms with Gasteiger partial charge in [0, 0.05) is 18.3 Å². The Hall–Kier alpha value is 0.310. The second-order valence-corrected chi connectivity index (χ2v) is 4.75. The van der Waals surface area contributed by atoms with Crippen LogP contribution < -0.4 is 0 Å². The maximum absolute atomic E-state index is 2.65. The number of hydrogen-bond donors (Lipinski definition) is 0. The van der Waals surface area contributed by atoms with E-state index in [4.69, 9.17) is 0 Å². The zero-order valence-electron chi connectivity index (χ0n) is 7.09. The Morgan fingerprint density at radius 1 is 1.00 bits per heavy atom. The lowest BCUT2D eigenvalue weighted by Crippen LogP contribution is -2.33. The summed E-state index contributed by atoms with van der Waals surface area (Å²) in [6, 6.07) is 0.941. The molecule has 0 amide bonds. The quantitative estimate of drug-likeness (QED) is 0.515. The van der Waals surface area contributed by atoms with Gasteiger partial charge in [0.25, 0.3) is 0 Å². The summed E-state index contributed by atoms with van der Waals surface area (Å²) in [4.78, 5) is 0. The molecule has 1 unspecified atom stereocenters. The van der Waals surface area contributed by atoms with Gasteiger partial charge in [0.05, 0.1) is 0 Å². The largest absolute Gasteiger partial charge is 0.248 e. The van der Waals surface area contributed by atoms with E-state index in [2.05, 4.69) is 16.3 Å². The zero-order valence-corrected chi connectivity index (χ0v) is 7.91. The molecule has 0 radical (unpaired) electrons. The molecule has 64 valence electrons. The van der Waals surface area contributed by atoms with Gasteiger partial charge in [-0.05, 0) is 25.7 Å². The molecule has 2 rings (SSSR count). The summed E-state index contributed by atoms with van der Waals surface area (Å²) in [5, 5.41) is 0. The topological polar surface area (TPSA) is 3.24 Å². The first kappa shape index (κ1) is 7.93. The molecule has 0 saturated carbocycles. The average Bonchev–Trinajstić information content (AvgIpc) is 2.28. The zero-order chi connectivity index (χ0) is 7.52. The van der Waals surface area contributed by atoms with Crippen molar-refractivity contribution in [3.05, 3.63) is 0 Å². The highest BCUT2D eigenvalue weighted by Gasteiger charge is 2.23. The predicted molar refractivity (Wildman–Crippen MR) is 50.7 cm³/mol. The monoisotopic (exact) mass is 171 g/mol. The molecule has 11 heavy (non-hydrogen) atoms. The molecule has 2 heteroatoms. The summed E-state index contributed by atoms with van der Waals surface area (Å²) < 4.78 is 2.65. The van der Waals surface area contributed by atoms with Crippen LogP contribution >= 0.6 is 11.9 Å². The highest BCUT2D eigenvalue weighted by Crippen LogP contribution is 2.30. The fourth-order valence-electron chi connectivity index (χ4n) is 2.10. The van der Waals surface area contributed by atoms with Crippen LogP contribution in [0.4, 0.5) is 0 Å². The second-order valence-electron chi connectivity index (χ2n) is 3.62. The van der Waals surface area contributed by atoms with Crippen molar-refractivity contribution in [2.45, 2.75) is 44.6 Å². The normalized spacial score (nSPS) is 34.4. The van der Waals surface area contributed by atoms with Gasteiger partial charge in [0.2, 0.25) is 0 Å².